The first-order valence-electron chi connectivity index (χ1n) is 7.28. The van der Waals surface area contributed by atoms with Crippen LogP contribution in [0.3, 0.4) is 0 Å². The van der Waals surface area contributed by atoms with Crippen molar-refractivity contribution in [3.05, 3.63) is 29.6 Å². The van der Waals surface area contributed by atoms with Gasteiger partial charge in [-0.15, -0.1) is 0 Å². The number of aromatic nitrogens is 1. The maximum Gasteiger partial charge on any atom is 0.357 e. The van der Waals surface area contributed by atoms with Crippen LogP contribution >= 0.6 is 0 Å². The molecule has 2 aromatic rings. The van der Waals surface area contributed by atoms with Gasteiger partial charge in [-0.2, -0.15) is 0 Å². The first kappa shape index (κ1) is 17.0. The molecular formula is C17H22N2O4. The van der Waals surface area contributed by atoms with Crippen LogP contribution in [0.25, 0.3) is 10.8 Å². The third-order valence-corrected chi connectivity index (χ3v) is 3.22. The molecule has 2 rings (SSSR count). The lowest BCUT2D eigenvalue weighted by molar-refractivity contribution is 0.00628. The Labute approximate surface area is 135 Å². The van der Waals surface area contributed by atoms with Crippen molar-refractivity contribution in [3.63, 3.8) is 0 Å². The number of methoxy groups -OCH3 is 2. The van der Waals surface area contributed by atoms with Gasteiger partial charge in [0.1, 0.15) is 11.3 Å². The highest BCUT2D eigenvalue weighted by atomic mass is 16.6. The Bertz CT molecular complexity index is 735. The van der Waals surface area contributed by atoms with Crippen LogP contribution in [0.15, 0.2) is 18.2 Å². The van der Waals surface area contributed by atoms with E-state index >= 15 is 0 Å². The number of esters is 1. The second kappa shape index (κ2) is 6.42. The van der Waals surface area contributed by atoms with Gasteiger partial charge in [0.25, 0.3) is 0 Å². The summed E-state index contributed by atoms with van der Waals surface area (Å²) in [7, 11) is 3.12. The zero-order valence-electron chi connectivity index (χ0n) is 14.1. The molecule has 0 saturated carbocycles. The smallest absolute Gasteiger partial charge is 0.357 e. The maximum atomic E-state index is 12.3. The second-order valence-electron chi connectivity index (χ2n) is 6.09. The lowest BCUT2D eigenvalue weighted by Crippen LogP contribution is -2.24. The minimum Gasteiger partial charge on any atom is -0.493 e. The zero-order valence-corrected chi connectivity index (χ0v) is 14.1. The Kier molecular flexibility index (Phi) is 4.75. The summed E-state index contributed by atoms with van der Waals surface area (Å²) in [5, 5.41) is 1.61. The van der Waals surface area contributed by atoms with Gasteiger partial charge in [-0.05, 0) is 44.4 Å². The van der Waals surface area contributed by atoms with Gasteiger partial charge in [0.2, 0.25) is 0 Å². The van der Waals surface area contributed by atoms with E-state index in [1.807, 2.05) is 26.8 Å². The molecule has 2 N–H and O–H groups in total. The van der Waals surface area contributed by atoms with E-state index in [1.165, 1.54) is 0 Å². The number of rotatable bonds is 4. The molecule has 0 bridgehead atoms. The number of nitrogens with two attached hydrogens (primary N) is 1. The highest BCUT2D eigenvalue weighted by Gasteiger charge is 2.21. The number of carbonyl (C=O) groups excluding carboxylic acids is 1. The highest BCUT2D eigenvalue weighted by molar-refractivity contribution is 5.95. The van der Waals surface area contributed by atoms with Crippen LogP contribution in [0.1, 0.15) is 37.0 Å². The predicted octanol–water partition coefficient (Wildman–Crippen LogP) is 2.67. The topological polar surface area (TPSA) is 83.7 Å². The van der Waals surface area contributed by atoms with Gasteiger partial charge in [-0.1, -0.05) is 0 Å². The Morgan fingerprint density at radius 1 is 1.13 bits per heavy atom. The third kappa shape index (κ3) is 3.71. The summed E-state index contributed by atoms with van der Waals surface area (Å²) in [6.07, 6.45) is 0. The van der Waals surface area contributed by atoms with Crippen LogP contribution in [0.4, 0.5) is 0 Å². The standard InChI is InChI=1S/C17H22N2O4/c1-17(2,3)23-16(20)12-6-10-7-14(21-4)15(22-5)8-11(10)13(9-18)19-12/h6-8H,9,18H2,1-5H3. The Morgan fingerprint density at radius 3 is 2.26 bits per heavy atom. The van der Waals surface area contributed by atoms with Crippen LogP contribution in [0.5, 0.6) is 11.5 Å². The molecule has 0 aliphatic heterocycles. The van der Waals surface area contributed by atoms with E-state index in [1.54, 1.807) is 26.4 Å². The van der Waals surface area contributed by atoms with Crippen molar-refractivity contribution in [1.82, 2.24) is 4.98 Å². The molecule has 1 aromatic heterocycles. The Hall–Kier alpha value is -2.34. The van der Waals surface area contributed by atoms with Crippen molar-refractivity contribution in [3.8, 4) is 11.5 Å². The molecule has 0 unspecified atom stereocenters. The molecule has 0 saturated heterocycles. The summed E-state index contributed by atoms with van der Waals surface area (Å²) >= 11 is 0. The van der Waals surface area contributed by atoms with E-state index in [0.717, 1.165) is 10.8 Å². The molecular weight excluding hydrogens is 296 g/mol. The van der Waals surface area contributed by atoms with Crippen molar-refractivity contribution >= 4 is 16.7 Å². The summed E-state index contributed by atoms with van der Waals surface area (Å²) in [6.45, 7) is 5.62. The number of nitrogens with zero attached hydrogens (tertiary/aromatic N) is 1. The number of hydrogen-bond donors (Lipinski definition) is 1. The molecule has 1 aromatic carbocycles. The molecule has 1 heterocycles. The number of ether oxygens (including phenoxy) is 3. The lowest BCUT2D eigenvalue weighted by Gasteiger charge is -2.19. The number of carbonyl (C=O) groups is 1. The minimum absolute atomic E-state index is 0.197. The molecule has 0 spiro atoms. The SMILES string of the molecule is COc1cc2cc(C(=O)OC(C)(C)C)nc(CN)c2cc1OC. The molecule has 0 fully saturated rings. The number of benzene rings is 1. The van der Waals surface area contributed by atoms with Gasteiger partial charge in [0.05, 0.1) is 19.9 Å². The summed E-state index contributed by atoms with van der Waals surface area (Å²) < 4.78 is 16.0. The van der Waals surface area contributed by atoms with E-state index in [9.17, 15) is 4.79 Å². The summed E-state index contributed by atoms with van der Waals surface area (Å²) in [5.74, 6) is 0.676. The summed E-state index contributed by atoms with van der Waals surface area (Å²) in [6, 6.07) is 5.27. The molecule has 0 atom stereocenters. The quantitative estimate of drug-likeness (QED) is 0.873. The van der Waals surface area contributed by atoms with E-state index in [2.05, 4.69) is 4.98 Å². The monoisotopic (exact) mass is 318 g/mol. The van der Waals surface area contributed by atoms with E-state index in [-0.39, 0.29) is 12.2 Å². The summed E-state index contributed by atoms with van der Waals surface area (Å²) in [5.41, 5.74) is 6.02. The second-order valence-corrected chi connectivity index (χ2v) is 6.09. The van der Waals surface area contributed by atoms with Gasteiger partial charge in [0, 0.05) is 11.9 Å². The Balaban J connectivity index is 2.60. The first-order chi connectivity index (χ1) is 10.8. The Morgan fingerprint density at radius 2 is 1.74 bits per heavy atom. The van der Waals surface area contributed by atoms with Gasteiger partial charge in [-0.25, -0.2) is 9.78 Å². The molecule has 23 heavy (non-hydrogen) atoms. The van der Waals surface area contributed by atoms with Crippen molar-refractivity contribution in [2.24, 2.45) is 5.73 Å². The van der Waals surface area contributed by atoms with Crippen LogP contribution in [-0.2, 0) is 11.3 Å². The van der Waals surface area contributed by atoms with Crippen molar-refractivity contribution in [2.75, 3.05) is 14.2 Å². The van der Waals surface area contributed by atoms with Crippen LogP contribution < -0.4 is 15.2 Å². The molecule has 124 valence electrons. The third-order valence-electron chi connectivity index (χ3n) is 3.22. The van der Waals surface area contributed by atoms with Crippen molar-refractivity contribution < 1.29 is 19.0 Å². The van der Waals surface area contributed by atoms with Gasteiger partial charge < -0.3 is 19.9 Å². The fraction of sp³-hybridized carbons (Fsp3) is 0.412. The molecule has 0 radical (unpaired) electrons. The predicted molar refractivity (Wildman–Crippen MR) is 87.9 cm³/mol. The van der Waals surface area contributed by atoms with Gasteiger partial charge >= 0.3 is 5.97 Å². The fourth-order valence-corrected chi connectivity index (χ4v) is 2.24. The van der Waals surface area contributed by atoms with Crippen LogP contribution in [0.2, 0.25) is 0 Å². The van der Waals surface area contributed by atoms with E-state index in [4.69, 9.17) is 19.9 Å². The summed E-state index contributed by atoms with van der Waals surface area (Å²) in [4.78, 5) is 16.6. The molecule has 6 heteroatoms. The fourth-order valence-electron chi connectivity index (χ4n) is 2.24. The van der Waals surface area contributed by atoms with E-state index in [0.29, 0.717) is 17.2 Å². The van der Waals surface area contributed by atoms with Gasteiger partial charge in [0.15, 0.2) is 11.5 Å². The molecule has 0 amide bonds. The van der Waals surface area contributed by atoms with Crippen molar-refractivity contribution in [2.45, 2.75) is 32.9 Å². The highest BCUT2D eigenvalue weighted by Crippen LogP contribution is 2.33. The average molecular weight is 318 g/mol. The number of hydrogen-bond acceptors (Lipinski definition) is 6. The molecule has 0 aliphatic rings. The largest absolute Gasteiger partial charge is 0.493 e. The van der Waals surface area contributed by atoms with Crippen LogP contribution in [-0.4, -0.2) is 30.8 Å². The van der Waals surface area contributed by atoms with Crippen LogP contribution in [0, 0.1) is 0 Å². The first-order valence-corrected chi connectivity index (χ1v) is 7.28. The van der Waals surface area contributed by atoms with E-state index < -0.39 is 11.6 Å². The number of fused-ring (bicyclic) bond motifs is 1. The zero-order chi connectivity index (χ0) is 17.2. The average Bonchev–Trinajstić information content (AvgIpc) is 2.50. The maximum absolute atomic E-state index is 12.3. The minimum atomic E-state index is -0.589. The lowest BCUT2D eigenvalue weighted by atomic mass is 10.1. The molecule has 0 aliphatic carbocycles. The number of pyridine rings is 1. The van der Waals surface area contributed by atoms with Gasteiger partial charge in [-0.3, -0.25) is 0 Å². The molecule has 6 nitrogen and oxygen atoms in total. The van der Waals surface area contributed by atoms with Crippen molar-refractivity contribution in [1.29, 1.82) is 0 Å². The normalized spacial score (nSPS) is 11.4.